The van der Waals surface area contributed by atoms with Gasteiger partial charge in [0.25, 0.3) is 11.6 Å². The Bertz CT molecular complexity index is 1460. The molecule has 1 aromatic heterocycles. The second-order valence-electron chi connectivity index (χ2n) is 7.99. The molecule has 1 amide bonds. The number of nitrogens with zero attached hydrogens (tertiary/aromatic N) is 4. The quantitative estimate of drug-likeness (QED) is 0.159. The number of rotatable bonds is 8. The molecule has 0 fully saturated rings. The van der Waals surface area contributed by atoms with Crippen LogP contribution in [0.5, 0.6) is 0 Å². The molecule has 0 unspecified atom stereocenters. The third kappa shape index (κ3) is 5.70. The van der Waals surface area contributed by atoms with Gasteiger partial charge in [-0.2, -0.15) is 0 Å². The van der Waals surface area contributed by atoms with E-state index in [0.717, 1.165) is 5.56 Å². The normalized spacial score (nSPS) is 10.9. The van der Waals surface area contributed by atoms with Crippen LogP contribution in [0.3, 0.4) is 0 Å². The number of carbonyl (C=O) groups is 1. The van der Waals surface area contributed by atoms with Crippen molar-refractivity contribution in [2.45, 2.75) is 31.3 Å². The molecule has 4 rings (SSSR count). The minimum absolute atomic E-state index is 0.0252. The second kappa shape index (κ2) is 11.1. The first-order chi connectivity index (χ1) is 17.2. The smallest absolute Gasteiger partial charge is 0.273 e. The number of carbonyl (C=O) groups excluding carboxylic acids is 1. The summed E-state index contributed by atoms with van der Waals surface area (Å²) in [6.45, 7) is 3.69. The first-order valence-corrected chi connectivity index (χ1v) is 12.6. The Morgan fingerprint density at radius 1 is 1.06 bits per heavy atom. The predicted octanol–water partition coefficient (Wildman–Crippen LogP) is 6.32. The largest absolute Gasteiger partial charge is 0.345 e. The maximum absolute atomic E-state index is 12.8. The van der Waals surface area contributed by atoms with Gasteiger partial charge in [0.15, 0.2) is 11.0 Å². The van der Waals surface area contributed by atoms with Crippen molar-refractivity contribution >= 4 is 46.6 Å². The van der Waals surface area contributed by atoms with Crippen molar-refractivity contribution in [3.63, 3.8) is 0 Å². The zero-order chi connectivity index (χ0) is 25.8. The lowest BCUT2D eigenvalue weighted by atomic mass is 10.1. The first-order valence-electron chi connectivity index (χ1n) is 10.8. The Balaban J connectivity index is 1.62. The fourth-order valence-electron chi connectivity index (χ4n) is 3.54. The summed E-state index contributed by atoms with van der Waals surface area (Å²) in [5.74, 6) is 0.639. The highest BCUT2D eigenvalue weighted by atomic mass is 35.5. The molecule has 184 valence electrons. The van der Waals surface area contributed by atoms with E-state index in [1.807, 2.05) is 25.1 Å². The summed E-state index contributed by atoms with van der Waals surface area (Å²) < 4.78 is 1.78. The maximum atomic E-state index is 12.8. The Morgan fingerprint density at radius 3 is 2.56 bits per heavy atom. The van der Waals surface area contributed by atoms with Crippen LogP contribution in [0.4, 0.5) is 5.69 Å². The second-order valence-corrected chi connectivity index (χ2v) is 9.77. The minimum Gasteiger partial charge on any atom is -0.345 e. The third-order valence-electron chi connectivity index (χ3n) is 5.54. The molecule has 36 heavy (non-hydrogen) atoms. The summed E-state index contributed by atoms with van der Waals surface area (Å²) in [5, 5.41) is 24.1. The topological polar surface area (TPSA) is 103 Å². The highest BCUT2D eigenvalue weighted by Gasteiger charge is 2.20. The van der Waals surface area contributed by atoms with Crippen LogP contribution in [0, 0.1) is 24.0 Å². The van der Waals surface area contributed by atoms with Crippen molar-refractivity contribution in [3.8, 4) is 5.69 Å². The van der Waals surface area contributed by atoms with Crippen molar-refractivity contribution in [1.29, 1.82) is 0 Å². The van der Waals surface area contributed by atoms with Crippen LogP contribution >= 0.6 is 35.0 Å². The number of nitrogens with one attached hydrogen (secondary N) is 1. The lowest BCUT2D eigenvalue weighted by Gasteiger charge is -2.13. The average molecular weight is 542 g/mol. The molecule has 3 aromatic carbocycles. The molecule has 0 atom stereocenters. The number of halogens is 2. The summed E-state index contributed by atoms with van der Waals surface area (Å²) in [7, 11) is 0. The number of nitro benzene ring substituents is 1. The first kappa shape index (κ1) is 25.7. The third-order valence-corrected chi connectivity index (χ3v) is 7.06. The van der Waals surface area contributed by atoms with Crippen molar-refractivity contribution < 1.29 is 9.72 Å². The van der Waals surface area contributed by atoms with Crippen molar-refractivity contribution in [1.82, 2.24) is 20.1 Å². The van der Waals surface area contributed by atoms with Crippen LogP contribution in [-0.2, 0) is 12.3 Å². The zero-order valence-electron chi connectivity index (χ0n) is 19.4. The van der Waals surface area contributed by atoms with E-state index < -0.39 is 10.8 Å². The SMILES string of the molecule is Cc1ccccc1CSc1nnc(CNC(=O)c2ccc(C)c([N+](=O)[O-])c2)n1-c1ccc(Cl)cc1Cl. The van der Waals surface area contributed by atoms with Crippen molar-refractivity contribution in [3.05, 3.63) is 109 Å². The van der Waals surface area contributed by atoms with Crippen LogP contribution in [0.25, 0.3) is 5.69 Å². The van der Waals surface area contributed by atoms with E-state index in [-0.39, 0.29) is 17.8 Å². The number of nitro groups is 1. The molecule has 0 aliphatic carbocycles. The monoisotopic (exact) mass is 541 g/mol. The van der Waals surface area contributed by atoms with Gasteiger partial charge in [0.2, 0.25) is 0 Å². The highest BCUT2D eigenvalue weighted by molar-refractivity contribution is 7.98. The van der Waals surface area contributed by atoms with Crippen LogP contribution in [0.1, 0.15) is 32.9 Å². The van der Waals surface area contributed by atoms with Gasteiger partial charge in [-0.3, -0.25) is 19.5 Å². The van der Waals surface area contributed by atoms with Gasteiger partial charge in [-0.1, -0.05) is 65.3 Å². The van der Waals surface area contributed by atoms with Gasteiger partial charge in [0, 0.05) is 28.0 Å². The minimum atomic E-state index is -0.511. The van der Waals surface area contributed by atoms with Gasteiger partial charge in [-0.25, -0.2) is 0 Å². The molecule has 0 bridgehead atoms. The summed E-state index contributed by atoms with van der Waals surface area (Å²) in [4.78, 5) is 23.5. The Morgan fingerprint density at radius 2 is 1.83 bits per heavy atom. The molecule has 0 saturated carbocycles. The number of aromatic nitrogens is 3. The zero-order valence-corrected chi connectivity index (χ0v) is 21.7. The van der Waals surface area contributed by atoms with Crippen molar-refractivity contribution in [2.75, 3.05) is 0 Å². The van der Waals surface area contributed by atoms with Gasteiger partial charge < -0.3 is 5.32 Å². The number of aryl methyl sites for hydroxylation is 2. The summed E-state index contributed by atoms with van der Waals surface area (Å²) >= 11 is 14.1. The number of hydrogen-bond donors (Lipinski definition) is 1. The van der Waals surface area contributed by atoms with Gasteiger partial charge in [0.1, 0.15) is 0 Å². The van der Waals surface area contributed by atoms with Gasteiger partial charge in [0.05, 0.1) is 22.2 Å². The molecule has 0 aliphatic rings. The molecule has 0 radical (unpaired) electrons. The van der Waals surface area contributed by atoms with Crippen LogP contribution < -0.4 is 5.32 Å². The summed E-state index contributed by atoms with van der Waals surface area (Å²) in [6.07, 6.45) is 0. The Labute approximate surface area is 221 Å². The van der Waals surface area contributed by atoms with Gasteiger partial charge in [-0.05, 0) is 49.2 Å². The van der Waals surface area contributed by atoms with E-state index in [1.165, 1.54) is 23.4 Å². The van der Waals surface area contributed by atoms with E-state index in [1.54, 1.807) is 41.8 Å². The van der Waals surface area contributed by atoms with E-state index in [4.69, 9.17) is 23.2 Å². The fraction of sp³-hybridized carbons (Fsp3) is 0.160. The molecular formula is C25H21Cl2N5O3S. The Kier molecular flexibility index (Phi) is 7.93. The molecule has 1 heterocycles. The van der Waals surface area contributed by atoms with Crippen LogP contribution in [0.15, 0.2) is 65.8 Å². The summed E-state index contributed by atoms with van der Waals surface area (Å²) in [6, 6.07) is 17.5. The molecule has 11 heteroatoms. The maximum Gasteiger partial charge on any atom is 0.273 e. The van der Waals surface area contributed by atoms with E-state index in [9.17, 15) is 14.9 Å². The van der Waals surface area contributed by atoms with Crippen LogP contribution in [-0.4, -0.2) is 25.6 Å². The fourth-order valence-corrected chi connectivity index (χ4v) is 5.07. The molecule has 0 aliphatic heterocycles. The predicted molar refractivity (Wildman–Crippen MR) is 141 cm³/mol. The summed E-state index contributed by atoms with van der Waals surface area (Å²) in [5.41, 5.74) is 3.48. The number of hydrogen-bond acceptors (Lipinski definition) is 6. The average Bonchev–Trinajstić information content (AvgIpc) is 3.24. The van der Waals surface area contributed by atoms with E-state index >= 15 is 0 Å². The molecule has 8 nitrogen and oxygen atoms in total. The molecular weight excluding hydrogens is 521 g/mol. The number of benzene rings is 3. The number of amides is 1. The van der Waals surface area contributed by atoms with Gasteiger partial charge in [-0.15, -0.1) is 10.2 Å². The van der Waals surface area contributed by atoms with E-state index in [0.29, 0.717) is 38.0 Å². The Hall–Kier alpha value is -3.40. The molecule has 4 aromatic rings. The van der Waals surface area contributed by atoms with Crippen molar-refractivity contribution in [2.24, 2.45) is 0 Å². The standard InChI is InChI=1S/C25H21Cl2N5O3S/c1-15-5-3-4-6-18(15)14-36-25-30-29-23(31(25)21-10-9-19(26)12-20(21)27)13-28-24(33)17-8-7-16(2)22(11-17)32(34)35/h3-12H,13-14H2,1-2H3,(H,28,33). The molecule has 1 N–H and O–H groups in total. The van der Waals surface area contributed by atoms with E-state index in [2.05, 4.69) is 21.6 Å². The van der Waals surface area contributed by atoms with Gasteiger partial charge >= 0.3 is 0 Å². The highest BCUT2D eigenvalue weighted by Crippen LogP contribution is 2.31. The lowest BCUT2D eigenvalue weighted by molar-refractivity contribution is -0.385. The van der Waals surface area contributed by atoms with Crippen LogP contribution in [0.2, 0.25) is 10.0 Å². The lowest BCUT2D eigenvalue weighted by Crippen LogP contribution is -2.25. The molecule has 0 spiro atoms. The number of thioether (sulfide) groups is 1. The molecule has 0 saturated heterocycles.